The Balaban J connectivity index is 2.37. The van der Waals surface area contributed by atoms with Gasteiger partial charge in [-0.15, -0.1) is 11.3 Å². The minimum absolute atomic E-state index is 0.120. The van der Waals surface area contributed by atoms with Crippen molar-refractivity contribution >= 4 is 21.4 Å². The van der Waals surface area contributed by atoms with Gasteiger partial charge in [0.1, 0.15) is 5.75 Å². The fourth-order valence-electron chi connectivity index (χ4n) is 2.48. The van der Waals surface area contributed by atoms with E-state index in [4.69, 9.17) is 10.5 Å². The van der Waals surface area contributed by atoms with Crippen molar-refractivity contribution in [2.75, 3.05) is 13.7 Å². The molecule has 1 aliphatic rings. The van der Waals surface area contributed by atoms with E-state index in [1.54, 1.807) is 15.8 Å². The molecule has 1 fully saturated rings. The van der Waals surface area contributed by atoms with Gasteiger partial charge in [-0.3, -0.25) is 0 Å². The van der Waals surface area contributed by atoms with E-state index in [2.05, 4.69) is 0 Å². The Morgan fingerprint density at radius 1 is 1.53 bits per heavy atom. The zero-order valence-electron chi connectivity index (χ0n) is 11.2. The summed E-state index contributed by atoms with van der Waals surface area (Å²) in [6, 6.07) is 1.40. The van der Waals surface area contributed by atoms with Gasteiger partial charge in [0.2, 0.25) is 0 Å². The molecule has 1 aliphatic heterocycles. The van der Waals surface area contributed by atoms with Crippen LogP contribution in [0.1, 0.15) is 26.2 Å². The zero-order chi connectivity index (χ0) is 14.0. The normalized spacial score (nSPS) is 23.2. The summed E-state index contributed by atoms with van der Waals surface area (Å²) in [5.74, 6) is 0.416. The van der Waals surface area contributed by atoms with Crippen molar-refractivity contribution in [2.24, 2.45) is 5.73 Å². The number of hydrogen-bond donors (Lipinski definition) is 1. The molecule has 2 rings (SSSR count). The van der Waals surface area contributed by atoms with E-state index in [1.807, 2.05) is 6.92 Å². The van der Waals surface area contributed by atoms with Crippen molar-refractivity contribution in [1.82, 2.24) is 4.31 Å². The van der Waals surface area contributed by atoms with E-state index in [0.29, 0.717) is 12.3 Å². The minimum Gasteiger partial charge on any atom is -0.494 e. The number of rotatable bonds is 4. The number of methoxy groups -OCH3 is 1. The fraction of sp³-hybridized carbons (Fsp3) is 0.667. The summed E-state index contributed by atoms with van der Waals surface area (Å²) in [7, 11) is -2.02. The summed E-state index contributed by atoms with van der Waals surface area (Å²) in [4.78, 5) is 0. The smallest absolute Gasteiger partial charge is 0.256 e. The second-order valence-corrected chi connectivity index (χ2v) is 7.82. The molecule has 0 amide bonds. The van der Waals surface area contributed by atoms with Gasteiger partial charge in [-0.25, -0.2) is 8.42 Å². The Labute approximate surface area is 118 Å². The third kappa shape index (κ3) is 2.79. The lowest BCUT2D eigenvalue weighted by Crippen LogP contribution is -2.51. The highest BCUT2D eigenvalue weighted by molar-refractivity contribution is 7.91. The molecule has 2 N–H and O–H groups in total. The average Bonchev–Trinajstić information content (AvgIpc) is 2.87. The van der Waals surface area contributed by atoms with Gasteiger partial charge in [0, 0.05) is 18.6 Å². The van der Waals surface area contributed by atoms with Crippen molar-refractivity contribution in [3.63, 3.8) is 0 Å². The van der Waals surface area contributed by atoms with Gasteiger partial charge in [0.15, 0.2) is 4.21 Å². The van der Waals surface area contributed by atoms with E-state index >= 15 is 0 Å². The minimum atomic E-state index is -3.51. The van der Waals surface area contributed by atoms with Crippen LogP contribution in [0, 0.1) is 0 Å². The van der Waals surface area contributed by atoms with Crippen LogP contribution < -0.4 is 10.5 Å². The summed E-state index contributed by atoms with van der Waals surface area (Å²) in [5, 5.41) is 1.73. The van der Waals surface area contributed by atoms with Crippen LogP contribution in [0.2, 0.25) is 0 Å². The first kappa shape index (κ1) is 14.8. The second-order valence-electron chi connectivity index (χ2n) is 4.81. The maximum Gasteiger partial charge on any atom is 0.256 e. The van der Waals surface area contributed by atoms with Crippen molar-refractivity contribution < 1.29 is 13.2 Å². The van der Waals surface area contributed by atoms with E-state index in [0.717, 1.165) is 19.3 Å². The van der Waals surface area contributed by atoms with Crippen molar-refractivity contribution in [1.29, 1.82) is 0 Å². The van der Waals surface area contributed by atoms with Crippen LogP contribution in [0.15, 0.2) is 15.7 Å². The maximum atomic E-state index is 12.7. The standard InChI is InChI=1S/C12H20N2O3S2/c1-9(13)10-5-3-4-7-14(10)19(15,16)12-11(17-2)6-8-18-12/h6,8-10H,3-5,7,13H2,1-2H3. The zero-order valence-corrected chi connectivity index (χ0v) is 12.8. The van der Waals surface area contributed by atoms with Crippen LogP contribution in [0.25, 0.3) is 0 Å². The molecule has 0 spiro atoms. The fourth-order valence-corrected chi connectivity index (χ4v) is 5.65. The first-order valence-electron chi connectivity index (χ1n) is 6.37. The first-order valence-corrected chi connectivity index (χ1v) is 8.69. The highest BCUT2D eigenvalue weighted by atomic mass is 32.2. The summed E-state index contributed by atoms with van der Waals surface area (Å²) in [6.45, 7) is 2.40. The van der Waals surface area contributed by atoms with Gasteiger partial charge in [-0.05, 0) is 31.2 Å². The van der Waals surface area contributed by atoms with Gasteiger partial charge in [-0.2, -0.15) is 4.31 Å². The molecular formula is C12H20N2O3S2. The van der Waals surface area contributed by atoms with Gasteiger partial charge >= 0.3 is 0 Å². The Morgan fingerprint density at radius 3 is 2.89 bits per heavy atom. The lowest BCUT2D eigenvalue weighted by Gasteiger charge is -2.36. The summed E-state index contributed by atoms with van der Waals surface area (Å²) < 4.78 is 32.5. The van der Waals surface area contributed by atoms with Gasteiger partial charge in [0.05, 0.1) is 7.11 Å². The van der Waals surface area contributed by atoms with Crippen molar-refractivity contribution in [3.05, 3.63) is 11.4 Å². The maximum absolute atomic E-state index is 12.7. The lowest BCUT2D eigenvalue weighted by atomic mass is 10.00. The first-order chi connectivity index (χ1) is 8.98. The van der Waals surface area contributed by atoms with Crippen LogP contribution in [-0.2, 0) is 10.0 Å². The van der Waals surface area contributed by atoms with E-state index < -0.39 is 10.0 Å². The second kappa shape index (κ2) is 5.78. The Hall–Kier alpha value is -0.630. The monoisotopic (exact) mass is 304 g/mol. The number of nitrogens with zero attached hydrogens (tertiary/aromatic N) is 1. The van der Waals surface area contributed by atoms with Crippen LogP contribution in [0.5, 0.6) is 5.75 Å². The summed E-state index contributed by atoms with van der Waals surface area (Å²) in [5.41, 5.74) is 5.94. The largest absolute Gasteiger partial charge is 0.494 e. The average molecular weight is 304 g/mol. The molecule has 0 bridgehead atoms. The molecule has 2 unspecified atom stereocenters. The summed E-state index contributed by atoms with van der Waals surface area (Å²) in [6.07, 6.45) is 2.74. The lowest BCUT2D eigenvalue weighted by molar-refractivity contribution is 0.227. The van der Waals surface area contributed by atoms with Crippen LogP contribution in [0.4, 0.5) is 0 Å². The number of thiophene rings is 1. The molecule has 108 valence electrons. The number of hydrogen-bond acceptors (Lipinski definition) is 5. The Morgan fingerprint density at radius 2 is 2.26 bits per heavy atom. The molecule has 0 saturated carbocycles. The highest BCUT2D eigenvalue weighted by Crippen LogP contribution is 2.35. The predicted octanol–water partition coefficient (Wildman–Crippen LogP) is 1.65. The number of ether oxygens (including phenoxy) is 1. The molecular weight excluding hydrogens is 284 g/mol. The molecule has 1 aromatic heterocycles. The Kier molecular flexibility index (Phi) is 4.50. The molecule has 2 heterocycles. The molecule has 19 heavy (non-hydrogen) atoms. The third-order valence-electron chi connectivity index (χ3n) is 3.46. The molecule has 1 saturated heterocycles. The Bertz CT molecular complexity index is 525. The number of sulfonamides is 1. The van der Waals surface area contributed by atoms with Crippen molar-refractivity contribution in [3.8, 4) is 5.75 Å². The quantitative estimate of drug-likeness (QED) is 0.918. The highest BCUT2D eigenvalue weighted by Gasteiger charge is 2.37. The van der Waals surface area contributed by atoms with Gasteiger partial charge in [0.25, 0.3) is 10.0 Å². The number of piperidine rings is 1. The molecule has 0 aliphatic carbocycles. The molecule has 7 heteroatoms. The van der Waals surface area contributed by atoms with Crippen LogP contribution in [0.3, 0.4) is 0 Å². The predicted molar refractivity (Wildman–Crippen MR) is 76.1 cm³/mol. The summed E-state index contributed by atoms with van der Waals surface area (Å²) >= 11 is 1.19. The molecule has 5 nitrogen and oxygen atoms in total. The van der Waals surface area contributed by atoms with Crippen LogP contribution in [-0.4, -0.2) is 38.5 Å². The van der Waals surface area contributed by atoms with E-state index in [9.17, 15) is 8.42 Å². The molecule has 0 radical (unpaired) electrons. The number of nitrogens with two attached hydrogens (primary N) is 1. The van der Waals surface area contributed by atoms with E-state index in [-0.39, 0.29) is 16.3 Å². The molecule has 0 aromatic carbocycles. The van der Waals surface area contributed by atoms with E-state index in [1.165, 1.54) is 18.4 Å². The topological polar surface area (TPSA) is 72.6 Å². The van der Waals surface area contributed by atoms with Crippen LogP contribution >= 0.6 is 11.3 Å². The molecule has 1 aromatic rings. The SMILES string of the molecule is COc1ccsc1S(=O)(=O)N1CCCCC1C(C)N. The molecule has 2 atom stereocenters. The third-order valence-corrected chi connectivity index (χ3v) is 6.81. The van der Waals surface area contributed by atoms with Gasteiger partial charge in [-0.1, -0.05) is 6.42 Å². The van der Waals surface area contributed by atoms with Crippen molar-refractivity contribution in [2.45, 2.75) is 42.5 Å². The van der Waals surface area contributed by atoms with Gasteiger partial charge < -0.3 is 10.5 Å².